The fourth-order valence-electron chi connectivity index (χ4n) is 1.82. The number of rotatable bonds is 8. The van der Waals surface area contributed by atoms with Crippen LogP contribution in [0.25, 0.3) is 0 Å². The van der Waals surface area contributed by atoms with Gasteiger partial charge in [0.2, 0.25) is 0 Å². The van der Waals surface area contributed by atoms with E-state index in [1.54, 1.807) is 19.2 Å². The molecular formula is C15H24F2IN3O. The van der Waals surface area contributed by atoms with Gasteiger partial charge in [0, 0.05) is 20.1 Å². The first-order valence-corrected chi connectivity index (χ1v) is 7.14. The van der Waals surface area contributed by atoms with Gasteiger partial charge in [0.25, 0.3) is 0 Å². The molecule has 0 aromatic heterocycles. The lowest BCUT2D eigenvalue weighted by Crippen LogP contribution is -2.37. The van der Waals surface area contributed by atoms with Crippen LogP contribution < -0.4 is 15.4 Å². The Bertz CT molecular complexity index is 445. The highest BCUT2D eigenvalue weighted by atomic mass is 127. The highest BCUT2D eigenvalue weighted by Crippen LogP contribution is 2.15. The van der Waals surface area contributed by atoms with Gasteiger partial charge in [0.15, 0.2) is 5.96 Å². The molecule has 0 heterocycles. The Kier molecular flexibility index (Phi) is 11.8. The number of alkyl halides is 2. The van der Waals surface area contributed by atoms with Crippen molar-refractivity contribution in [2.24, 2.45) is 4.99 Å². The van der Waals surface area contributed by atoms with Crippen molar-refractivity contribution in [1.82, 2.24) is 10.6 Å². The van der Waals surface area contributed by atoms with Gasteiger partial charge in [0.05, 0.1) is 0 Å². The van der Waals surface area contributed by atoms with E-state index in [1.165, 1.54) is 18.9 Å². The Morgan fingerprint density at radius 3 is 2.68 bits per heavy atom. The molecule has 0 aliphatic heterocycles. The summed E-state index contributed by atoms with van der Waals surface area (Å²) in [5.41, 5.74) is 0.852. The summed E-state index contributed by atoms with van der Waals surface area (Å²) < 4.78 is 28.7. The number of guanidine groups is 1. The number of unbranched alkanes of at least 4 members (excludes halogenated alkanes) is 2. The Balaban J connectivity index is 0.00000441. The number of hydrogen-bond donors (Lipinski definition) is 2. The predicted octanol–water partition coefficient (Wildman–Crippen LogP) is 3.76. The molecule has 126 valence electrons. The van der Waals surface area contributed by atoms with E-state index in [0.29, 0.717) is 12.5 Å². The molecule has 0 saturated heterocycles. The maximum absolute atomic E-state index is 12.2. The quantitative estimate of drug-likeness (QED) is 0.288. The molecule has 0 aliphatic carbocycles. The number of nitrogens with zero attached hydrogens (tertiary/aromatic N) is 1. The Hall–Kier alpha value is -1.12. The molecule has 0 spiro atoms. The molecule has 0 aliphatic rings. The normalized spacial score (nSPS) is 11.0. The summed E-state index contributed by atoms with van der Waals surface area (Å²) in [4.78, 5) is 4.11. The molecule has 22 heavy (non-hydrogen) atoms. The lowest BCUT2D eigenvalue weighted by Gasteiger charge is -2.12. The molecule has 0 atom stereocenters. The van der Waals surface area contributed by atoms with Gasteiger partial charge in [-0.25, -0.2) is 0 Å². The Labute approximate surface area is 147 Å². The van der Waals surface area contributed by atoms with Gasteiger partial charge in [-0.1, -0.05) is 31.9 Å². The lowest BCUT2D eigenvalue weighted by molar-refractivity contribution is -0.0498. The molecule has 0 bridgehead atoms. The number of nitrogens with one attached hydrogen (secondary N) is 2. The van der Waals surface area contributed by atoms with Crippen molar-refractivity contribution in [2.75, 3.05) is 13.6 Å². The molecule has 7 heteroatoms. The number of benzene rings is 1. The maximum Gasteiger partial charge on any atom is 0.387 e. The van der Waals surface area contributed by atoms with Gasteiger partial charge in [-0.15, -0.1) is 24.0 Å². The van der Waals surface area contributed by atoms with Crippen molar-refractivity contribution in [2.45, 2.75) is 39.3 Å². The minimum atomic E-state index is -2.80. The molecule has 1 aromatic carbocycles. The fraction of sp³-hybridized carbons (Fsp3) is 0.533. The van der Waals surface area contributed by atoms with Crippen molar-refractivity contribution in [3.63, 3.8) is 0 Å². The second-order valence-corrected chi connectivity index (χ2v) is 4.59. The molecule has 0 fully saturated rings. The van der Waals surface area contributed by atoms with Gasteiger partial charge in [-0.2, -0.15) is 8.78 Å². The first-order chi connectivity index (χ1) is 10.2. The standard InChI is InChI=1S/C15H23F2N3O.HI/c1-3-4-5-9-19-15(18-2)20-11-12-7-6-8-13(10-12)21-14(16)17;/h6-8,10,14H,3-5,9,11H2,1-2H3,(H2,18,19,20);1H. The Morgan fingerprint density at radius 1 is 1.27 bits per heavy atom. The van der Waals surface area contributed by atoms with Gasteiger partial charge in [0.1, 0.15) is 5.75 Å². The highest BCUT2D eigenvalue weighted by molar-refractivity contribution is 14.0. The molecule has 2 N–H and O–H groups in total. The SMILES string of the molecule is CCCCCNC(=NC)NCc1cccc(OC(F)F)c1.I. The third-order valence-corrected chi connectivity index (χ3v) is 2.88. The maximum atomic E-state index is 12.2. The first-order valence-electron chi connectivity index (χ1n) is 7.14. The molecule has 0 unspecified atom stereocenters. The summed E-state index contributed by atoms with van der Waals surface area (Å²) in [6.07, 6.45) is 3.44. The smallest absolute Gasteiger partial charge is 0.387 e. The zero-order valence-electron chi connectivity index (χ0n) is 12.9. The lowest BCUT2D eigenvalue weighted by atomic mass is 10.2. The largest absolute Gasteiger partial charge is 0.435 e. The zero-order chi connectivity index (χ0) is 15.5. The predicted molar refractivity (Wildman–Crippen MR) is 96.2 cm³/mol. The first kappa shape index (κ1) is 20.9. The average Bonchev–Trinajstić information content (AvgIpc) is 2.46. The number of halogens is 3. The molecular weight excluding hydrogens is 403 g/mol. The summed E-state index contributed by atoms with van der Waals surface area (Å²) in [6, 6.07) is 6.62. The minimum Gasteiger partial charge on any atom is -0.435 e. The summed E-state index contributed by atoms with van der Waals surface area (Å²) in [7, 11) is 1.70. The van der Waals surface area contributed by atoms with Gasteiger partial charge in [-0.3, -0.25) is 4.99 Å². The van der Waals surface area contributed by atoms with Crippen LogP contribution in [0.1, 0.15) is 31.7 Å². The van der Waals surface area contributed by atoms with E-state index >= 15 is 0 Å². The summed E-state index contributed by atoms with van der Waals surface area (Å²) in [5, 5.41) is 6.35. The van der Waals surface area contributed by atoms with Crippen molar-refractivity contribution in [3.05, 3.63) is 29.8 Å². The van der Waals surface area contributed by atoms with Crippen molar-refractivity contribution >= 4 is 29.9 Å². The molecule has 1 rings (SSSR count). The molecule has 4 nitrogen and oxygen atoms in total. The van der Waals surface area contributed by atoms with Crippen molar-refractivity contribution in [1.29, 1.82) is 0 Å². The molecule has 0 saturated carbocycles. The summed E-state index contributed by atoms with van der Waals surface area (Å²) in [5.74, 6) is 0.862. The number of aliphatic imine (C=N–C) groups is 1. The van der Waals surface area contributed by atoms with Crippen molar-refractivity contribution < 1.29 is 13.5 Å². The number of hydrogen-bond acceptors (Lipinski definition) is 2. The van der Waals surface area contributed by atoms with Crippen LogP contribution in [0.5, 0.6) is 5.75 Å². The van der Waals surface area contributed by atoms with Crippen LogP contribution in [0.2, 0.25) is 0 Å². The van der Waals surface area contributed by atoms with Crippen LogP contribution in [0, 0.1) is 0 Å². The minimum absolute atomic E-state index is 0. The number of ether oxygens (including phenoxy) is 1. The van der Waals surface area contributed by atoms with E-state index in [4.69, 9.17) is 0 Å². The van der Waals surface area contributed by atoms with E-state index in [0.717, 1.165) is 18.5 Å². The molecule has 0 radical (unpaired) electrons. The van der Waals surface area contributed by atoms with Crippen LogP contribution in [-0.2, 0) is 6.54 Å². The van der Waals surface area contributed by atoms with Crippen LogP contribution >= 0.6 is 24.0 Å². The highest BCUT2D eigenvalue weighted by Gasteiger charge is 2.05. The van der Waals surface area contributed by atoms with E-state index in [-0.39, 0.29) is 29.7 Å². The van der Waals surface area contributed by atoms with Gasteiger partial charge >= 0.3 is 6.61 Å². The second-order valence-electron chi connectivity index (χ2n) is 4.59. The second kappa shape index (κ2) is 12.4. The summed E-state index contributed by atoms with van der Waals surface area (Å²) in [6.45, 7) is 0.707. The van der Waals surface area contributed by atoms with Crippen LogP contribution in [0.15, 0.2) is 29.3 Å². The average molecular weight is 427 g/mol. The molecule has 0 amide bonds. The van der Waals surface area contributed by atoms with Crippen LogP contribution in [0.3, 0.4) is 0 Å². The van der Waals surface area contributed by atoms with Crippen LogP contribution in [0.4, 0.5) is 8.78 Å². The monoisotopic (exact) mass is 427 g/mol. The summed E-state index contributed by atoms with van der Waals surface area (Å²) >= 11 is 0. The Morgan fingerprint density at radius 2 is 2.05 bits per heavy atom. The third-order valence-electron chi connectivity index (χ3n) is 2.88. The fourth-order valence-corrected chi connectivity index (χ4v) is 1.82. The van der Waals surface area contributed by atoms with Crippen molar-refractivity contribution in [3.8, 4) is 5.75 Å². The van der Waals surface area contributed by atoms with Gasteiger partial charge < -0.3 is 15.4 Å². The van der Waals surface area contributed by atoms with Gasteiger partial charge in [-0.05, 0) is 24.1 Å². The van der Waals surface area contributed by atoms with Crippen LogP contribution in [-0.4, -0.2) is 26.2 Å². The topological polar surface area (TPSA) is 45.7 Å². The third kappa shape index (κ3) is 9.01. The van der Waals surface area contributed by atoms with E-state index < -0.39 is 6.61 Å². The van der Waals surface area contributed by atoms with E-state index in [2.05, 4.69) is 27.3 Å². The zero-order valence-corrected chi connectivity index (χ0v) is 15.3. The van der Waals surface area contributed by atoms with E-state index in [1.807, 2.05) is 6.07 Å². The van der Waals surface area contributed by atoms with E-state index in [9.17, 15) is 8.78 Å². The molecule has 1 aromatic rings.